The van der Waals surface area contributed by atoms with Crippen molar-refractivity contribution in [3.63, 3.8) is 0 Å². The number of hydrogen-bond acceptors (Lipinski definition) is 3. The molecule has 2 aliphatic rings. The number of nitrogens with zero attached hydrogens (tertiary/aromatic N) is 1. The van der Waals surface area contributed by atoms with Crippen LogP contribution in [0.15, 0.2) is 18.2 Å². The third-order valence-corrected chi connectivity index (χ3v) is 4.92. The quantitative estimate of drug-likeness (QED) is 0.923. The van der Waals surface area contributed by atoms with E-state index in [9.17, 15) is 4.39 Å². The van der Waals surface area contributed by atoms with Gasteiger partial charge in [-0.2, -0.15) is 0 Å². The minimum absolute atomic E-state index is 0.171. The van der Waals surface area contributed by atoms with Crippen LogP contribution < -0.4 is 10.1 Å². The van der Waals surface area contributed by atoms with Gasteiger partial charge in [0, 0.05) is 37.8 Å². The lowest BCUT2D eigenvalue weighted by atomic mass is 9.89. The van der Waals surface area contributed by atoms with Gasteiger partial charge in [-0.05, 0) is 24.8 Å². The second-order valence-electron chi connectivity index (χ2n) is 6.14. The molecule has 0 bridgehead atoms. The lowest BCUT2D eigenvalue weighted by Crippen LogP contribution is -2.46. The molecule has 1 aromatic carbocycles. The number of halogens is 1. The van der Waals surface area contributed by atoms with Crippen molar-refractivity contribution in [1.82, 2.24) is 10.2 Å². The number of rotatable bonds is 4. The van der Waals surface area contributed by atoms with Crippen LogP contribution in [0.5, 0.6) is 5.75 Å². The summed E-state index contributed by atoms with van der Waals surface area (Å²) in [6.45, 7) is 3.99. The van der Waals surface area contributed by atoms with Crippen LogP contribution in [0.4, 0.5) is 4.39 Å². The van der Waals surface area contributed by atoms with Crippen molar-refractivity contribution < 1.29 is 9.13 Å². The summed E-state index contributed by atoms with van der Waals surface area (Å²) in [6.07, 6.45) is 4.98. The fourth-order valence-electron chi connectivity index (χ4n) is 3.90. The van der Waals surface area contributed by atoms with Gasteiger partial charge < -0.3 is 10.1 Å². The van der Waals surface area contributed by atoms with E-state index in [0.29, 0.717) is 11.7 Å². The van der Waals surface area contributed by atoms with Crippen molar-refractivity contribution in [1.29, 1.82) is 0 Å². The first kappa shape index (κ1) is 14.8. The Morgan fingerprint density at radius 3 is 2.62 bits per heavy atom. The molecule has 1 aliphatic heterocycles. The lowest BCUT2D eigenvalue weighted by molar-refractivity contribution is 0.122. The van der Waals surface area contributed by atoms with Gasteiger partial charge in [-0.25, -0.2) is 4.39 Å². The van der Waals surface area contributed by atoms with Crippen LogP contribution in [0.25, 0.3) is 0 Å². The second-order valence-corrected chi connectivity index (χ2v) is 6.14. The SMILES string of the molecule is COc1cccc([C@@H](C2CCCC2)N2CCNCC2)c1F. The van der Waals surface area contributed by atoms with E-state index in [-0.39, 0.29) is 11.9 Å². The molecule has 21 heavy (non-hydrogen) atoms. The lowest BCUT2D eigenvalue weighted by Gasteiger charge is -2.38. The third kappa shape index (κ3) is 3.06. The van der Waals surface area contributed by atoms with E-state index >= 15 is 0 Å². The Morgan fingerprint density at radius 2 is 1.95 bits per heavy atom. The molecule has 0 amide bonds. The van der Waals surface area contributed by atoms with E-state index in [4.69, 9.17) is 4.74 Å². The first-order valence-electron chi connectivity index (χ1n) is 8.08. The molecule has 1 saturated carbocycles. The maximum atomic E-state index is 14.8. The molecular weight excluding hydrogens is 267 g/mol. The van der Waals surface area contributed by atoms with Gasteiger partial charge in [-0.3, -0.25) is 4.90 Å². The normalized spacial score (nSPS) is 22.4. The van der Waals surface area contributed by atoms with Gasteiger partial charge in [0.15, 0.2) is 11.6 Å². The Morgan fingerprint density at radius 1 is 1.24 bits per heavy atom. The molecule has 0 radical (unpaired) electrons. The van der Waals surface area contributed by atoms with Gasteiger partial charge in [0.2, 0.25) is 0 Å². The highest BCUT2D eigenvalue weighted by Gasteiger charge is 2.34. The van der Waals surface area contributed by atoms with Crippen molar-refractivity contribution in [2.24, 2.45) is 5.92 Å². The van der Waals surface area contributed by atoms with Crippen LogP contribution in [-0.4, -0.2) is 38.2 Å². The van der Waals surface area contributed by atoms with Crippen molar-refractivity contribution in [3.8, 4) is 5.75 Å². The minimum atomic E-state index is -0.171. The number of methoxy groups -OCH3 is 1. The van der Waals surface area contributed by atoms with Crippen LogP contribution in [0, 0.1) is 11.7 Å². The number of nitrogens with one attached hydrogen (secondary N) is 1. The molecule has 0 unspecified atom stereocenters. The first-order valence-corrected chi connectivity index (χ1v) is 8.08. The summed E-state index contributed by atoms with van der Waals surface area (Å²) in [5.41, 5.74) is 0.822. The molecule has 1 atom stereocenters. The summed E-state index contributed by atoms with van der Waals surface area (Å²) in [7, 11) is 1.54. The maximum absolute atomic E-state index is 14.8. The number of benzene rings is 1. The van der Waals surface area contributed by atoms with Gasteiger partial charge >= 0.3 is 0 Å². The predicted octanol–water partition coefficient (Wildman–Crippen LogP) is 2.97. The highest BCUT2D eigenvalue weighted by atomic mass is 19.1. The van der Waals surface area contributed by atoms with E-state index in [1.165, 1.54) is 32.8 Å². The molecule has 1 saturated heterocycles. The zero-order chi connectivity index (χ0) is 14.7. The molecule has 1 heterocycles. The summed E-state index contributed by atoms with van der Waals surface area (Å²) in [4.78, 5) is 2.46. The molecule has 4 heteroatoms. The smallest absolute Gasteiger partial charge is 0.169 e. The highest BCUT2D eigenvalue weighted by Crippen LogP contribution is 2.41. The van der Waals surface area contributed by atoms with Gasteiger partial charge in [-0.1, -0.05) is 25.0 Å². The Bertz CT molecular complexity index is 468. The van der Waals surface area contributed by atoms with E-state index in [1.54, 1.807) is 6.07 Å². The highest BCUT2D eigenvalue weighted by molar-refractivity contribution is 5.33. The summed E-state index contributed by atoms with van der Waals surface area (Å²) in [6, 6.07) is 5.77. The zero-order valence-corrected chi connectivity index (χ0v) is 12.8. The largest absolute Gasteiger partial charge is 0.494 e. The number of ether oxygens (including phenoxy) is 1. The van der Waals surface area contributed by atoms with Crippen molar-refractivity contribution in [3.05, 3.63) is 29.6 Å². The summed E-state index contributed by atoms with van der Waals surface area (Å²) < 4.78 is 19.9. The molecule has 1 aliphatic carbocycles. The summed E-state index contributed by atoms with van der Waals surface area (Å²) >= 11 is 0. The van der Waals surface area contributed by atoms with Crippen molar-refractivity contribution in [2.75, 3.05) is 33.3 Å². The minimum Gasteiger partial charge on any atom is -0.494 e. The third-order valence-electron chi connectivity index (χ3n) is 4.92. The zero-order valence-electron chi connectivity index (χ0n) is 12.8. The summed E-state index contributed by atoms with van der Waals surface area (Å²) in [5, 5.41) is 3.39. The fourth-order valence-corrected chi connectivity index (χ4v) is 3.90. The Kier molecular flexibility index (Phi) is 4.76. The van der Waals surface area contributed by atoms with Gasteiger partial charge in [0.25, 0.3) is 0 Å². The van der Waals surface area contributed by atoms with Gasteiger partial charge in [0.1, 0.15) is 0 Å². The molecule has 3 nitrogen and oxygen atoms in total. The number of hydrogen-bond donors (Lipinski definition) is 1. The Hall–Kier alpha value is -1.13. The average Bonchev–Trinajstić information content (AvgIpc) is 3.04. The van der Waals surface area contributed by atoms with Crippen LogP contribution in [0.1, 0.15) is 37.3 Å². The maximum Gasteiger partial charge on any atom is 0.169 e. The first-order chi connectivity index (χ1) is 10.3. The van der Waals surface area contributed by atoms with Crippen LogP contribution >= 0.6 is 0 Å². The molecule has 116 valence electrons. The van der Waals surface area contributed by atoms with Crippen molar-refractivity contribution >= 4 is 0 Å². The monoisotopic (exact) mass is 292 g/mol. The molecule has 1 aromatic rings. The topological polar surface area (TPSA) is 24.5 Å². The fraction of sp³-hybridized carbons (Fsp3) is 0.647. The molecular formula is C17H25FN2O. The van der Waals surface area contributed by atoms with Gasteiger partial charge in [-0.15, -0.1) is 0 Å². The number of piperazine rings is 1. The van der Waals surface area contributed by atoms with Crippen LogP contribution in [0.3, 0.4) is 0 Å². The molecule has 3 rings (SSSR count). The molecule has 0 spiro atoms. The average molecular weight is 292 g/mol. The summed E-state index contributed by atoms with van der Waals surface area (Å²) in [5.74, 6) is 0.769. The van der Waals surface area contributed by atoms with Gasteiger partial charge in [0.05, 0.1) is 7.11 Å². The molecule has 2 fully saturated rings. The Balaban J connectivity index is 1.93. The second kappa shape index (κ2) is 6.75. The standard InChI is InChI=1S/C17H25FN2O/c1-21-15-8-4-7-14(16(15)18)17(13-5-2-3-6-13)20-11-9-19-10-12-20/h4,7-8,13,17,19H,2-3,5-6,9-12H2,1H3/t17-/m1/s1. The molecule has 0 aromatic heterocycles. The predicted molar refractivity (Wildman–Crippen MR) is 82.1 cm³/mol. The van der Waals surface area contributed by atoms with Crippen LogP contribution in [0.2, 0.25) is 0 Å². The van der Waals surface area contributed by atoms with E-state index in [2.05, 4.69) is 10.2 Å². The van der Waals surface area contributed by atoms with E-state index < -0.39 is 0 Å². The molecule has 1 N–H and O–H groups in total. The van der Waals surface area contributed by atoms with Crippen LogP contribution in [-0.2, 0) is 0 Å². The van der Waals surface area contributed by atoms with E-state index in [1.807, 2.05) is 12.1 Å². The van der Waals surface area contributed by atoms with E-state index in [0.717, 1.165) is 31.7 Å². The van der Waals surface area contributed by atoms with Crippen molar-refractivity contribution in [2.45, 2.75) is 31.7 Å². The Labute approximate surface area is 126 Å².